The van der Waals surface area contributed by atoms with Crippen LogP contribution in [0, 0.1) is 12.7 Å². The van der Waals surface area contributed by atoms with E-state index in [4.69, 9.17) is 0 Å². The maximum Gasteiger partial charge on any atom is 0.247 e. The predicted octanol–water partition coefficient (Wildman–Crippen LogP) is 3.25. The zero-order valence-corrected chi connectivity index (χ0v) is 20.3. The number of hydrogen-bond donors (Lipinski definition) is 1. The molecule has 3 aromatic rings. The largest absolute Gasteiger partial charge is 0.350 e. The Hall–Kier alpha value is -3.56. The van der Waals surface area contributed by atoms with Crippen molar-refractivity contribution in [1.82, 2.24) is 9.62 Å². The minimum Gasteiger partial charge on any atom is -0.350 e. The van der Waals surface area contributed by atoms with Crippen LogP contribution in [0.5, 0.6) is 0 Å². The number of piperazine rings is 1. The molecule has 7 nitrogen and oxygen atoms in total. The van der Waals surface area contributed by atoms with Gasteiger partial charge >= 0.3 is 0 Å². The number of hydrogen-bond acceptors (Lipinski definition) is 4. The molecule has 1 N–H and O–H groups in total. The molecule has 4 rings (SSSR count). The molecule has 1 aliphatic rings. The van der Waals surface area contributed by atoms with Crippen LogP contribution in [0.1, 0.15) is 18.1 Å². The van der Waals surface area contributed by atoms with E-state index in [1.165, 1.54) is 42.2 Å². The normalized spacial score (nSPS) is 18.9. The first kappa shape index (κ1) is 24.6. The molecule has 1 aliphatic heterocycles. The lowest BCUT2D eigenvalue weighted by molar-refractivity contribution is -0.133. The van der Waals surface area contributed by atoms with Crippen LogP contribution in [-0.2, 0) is 26.2 Å². The van der Waals surface area contributed by atoms with Gasteiger partial charge in [0.25, 0.3) is 0 Å². The molecule has 182 valence electrons. The van der Waals surface area contributed by atoms with E-state index in [2.05, 4.69) is 5.32 Å². The number of carbonyl (C=O) groups excluding carboxylic acids is 2. The molecule has 0 spiro atoms. The lowest BCUT2D eigenvalue weighted by Gasteiger charge is -2.46. The predicted molar refractivity (Wildman–Crippen MR) is 131 cm³/mol. The van der Waals surface area contributed by atoms with Gasteiger partial charge in [0.2, 0.25) is 21.8 Å². The first-order valence-electron chi connectivity index (χ1n) is 11.1. The van der Waals surface area contributed by atoms with Crippen molar-refractivity contribution in [3.63, 3.8) is 0 Å². The highest BCUT2D eigenvalue weighted by Crippen LogP contribution is 2.32. The fourth-order valence-electron chi connectivity index (χ4n) is 4.18. The van der Waals surface area contributed by atoms with E-state index in [0.29, 0.717) is 0 Å². The van der Waals surface area contributed by atoms with Crippen LogP contribution < -0.4 is 10.2 Å². The van der Waals surface area contributed by atoms with Crippen molar-refractivity contribution in [3.05, 3.63) is 95.8 Å². The molecule has 0 radical (unpaired) electrons. The summed E-state index contributed by atoms with van der Waals surface area (Å²) in [6, 6.07) is 20.8. The summed E-state index contributed by atoms with van der Waals surface area (Å²) in [5, 5.41) is 2.82. The van der Waals surface area contributed by atoms with Gasteiger partial charge in [0.1, 0.15) is 11.4 Å². The first-order chi connectivity index (χ1) is 16.6. The Morgan fingerprint density at radius 3 is 2.37 bits per heavy atom. The minimum atomic E-state index is -4.07. The number of anilines is 1. The lowest BCUT2D eigenvalue weighted by atomic mass is 9.94. The molecule has 9 heteroatoms. The van der Waals surface area contributed by atoms with Crippen molar-refractivity contribution in [2.24, 2.45) is 0 Å². The summed E-state index contributed by atoms with van der Waals surface area (Å²) in [5.74, 6) is -1.75. The number of benzene rings is 3. The second-order valence-electron chi connectivity index (χ2n) is 8.74. The van der Waals surface area contributed by atoms with Gasteiger partial charge in [-0.05, 0) is 49.7 Å². The van der Waals surface area contributed by atoms with E-state index in [-0.39, 0.29) is 23.7 Å². The molecule has 1 heterocycles. The van der Waals surface area contributed by atoms with Crippen molar-refractivity contribution >= 4 is 27.5 Å². The lowest BCUT2D eigenvalue weighted by Crippen LogP contribution is -2.70. The molecule has 3 aromatic carbocycles. The monoisotopic (exact) mass is 495 g/mol. The molecule has 35 heavy (non-hydrogen) atoms. The van der Waals surface area contributed by atoms with Crippen LogP contribution in [0.2, 0.25) is 0 Å². The van der Waals surface area contributed by atoms with Crippen molar-refractivity contribution in [3.8, 4) is 0 Å². The molecule has 0 aromatic heterocycles. The maximum atomic E-state index is 14.0. The Morgan fingerprint density at radius 2 is 1.71 bits per heavy atom. The summed E-state index contributed by atoms with van der Waals surface area (Å²) in [6.07, 6.45) is 0. The summed E-state index contributed by atoms with van der Waals surface area (Å²) in [4.78, 5) is 28.1. The zero-order chi connectivity index (χ0) is 25.2. The minimum absolute atomic E-state index is 0.0298. The Balaban J connectivity index is 1.71. The van der Waals surface area contributed by atoms with Gasteiger partial charge in [-0.25, -0.2) is 12.8 Å². The average molecular weight is 496 g/mol. The van der Waals surface area contributed by atoms with Crippen molar-refractivity contribution in [2.45, 2.75) is 30.8 Å². The van der Waals surface area contributed by atoms with Gasteiger partial charge in [0.15, 0.2) is 0 Å². The highest BCUT2D eigenvalue weighted by Gasteiger charge is 2.51. The molecule has 0 bridgehead atoms. The third-order valence-corrected chi connectivity index (χ3v) is 7.85. The highest BCUT2D eigenvalue weighted by molar-refractivity contribution is 7.89. The summed E-state index contributed by atoms with van der Waals surface area (Å²) >= 11 is 0. The fourth-order valence-corrected chi connectivity index (χ4v) is 5.66. The third-order valence-electron chi connectivity index (χ3n) is 6.05. The van der Waals surface area contributed by atoms with Gasteiger partial charge in [-0.15, -0.1) is 0 Å². The molecule has 1 unspecified atom stereocenters. The molecule has 0 saturated carbocycles. The van der Waals surface area contributed by atoms with Crippen molar-refractivity contribution < 1.29 is 22.4 Å². The average Bonchev–Trinajstić information content (AvgIpc) is 2.83. The SMILES string of the molecule is Cc1ccc(S(=O)(=O)N2CC(=O)N(c3cccc(F)c3)C(C)(C(=O)NCc3ccccc3)C2)cc1. The van der Waals surface area contributed by atoms with Crippen molar-refractivity contribution in [2.75, 3.05) is 18.0 Å². The number of sulfonamides is 1. The third kappa shape index (κ3) is 4.96. The fraction of sp³-hybridized carbons (Fsp3) is 0.231. The van der Waals surface area contributed by atoms with Crippen LogP contribution in [0.25, 0.3) is 0 Å². The second kappa shape index (κ2) is 9.59. The van der Waals surface area contributed by atoms with Gasteiger partial charge in [-0.1, -0.05) is 54.1 Å². The molecular formula is C26H26FN3O4S. The van der Waals surface area contributed by atoms with E-state index < -0.39 is 39.7 Å². The highest BCUT2D eigenvalue weighted by atomic mass is 32.2. The van der Waals surface area contributed by atoms with Gasteiger partial charge < -0.3 is 5.32 Å². The van der Waals surface area contributed by atoms with E-state index in [9.17, 15) is 22.4 Å². The number of halogens is 1. The van der Waals surface area contributed by atoms with Gasteiger partial charge in [-0.2, -0.15) is 4.31 Å². The van der Waals surface area contributed by atoms with Crippen LogP contribution in [-0.4, -0.2) is 43.2 Å². The number of nitrogens with zero attached hydrogens (tertiary/aromatic N) is 2. The Kier molecular flexibility index (Phi) is 6.73. The van der Waals surface area contributed by atoms with Crippen LogP contribution in [0.3, 0.4) is 0 Å². The molecule has 1 saturated heterocycles. The summed E-state index contributed by atoms with van der Waals surface area (Å²) in [6.45, 7) is 2.74. The topological polar surface area (TPSA) is 86.8 Å². The Labute approximate surface area is 204 Å². The number of nitrogens with one attached hydrogen (secondary N) is 1. The molecule has 2 amide bonds. The Morgan fingerprint density at radius 1 is 1.03 bits per heavy atom. The number of rotatable bonds is 6. The summed E-state index contributed by atoms with van der Waals surface area (Å²) < 4.78 is 41.8. The van der Waals surface area contributed by atoms with Gasteiger partial charge in [0.05, 0.1) is 11.4 Å². The number of carbonyl (C=O) groups is 2. The molecular weight excluding hydrogens is 469 g/mol. The van der Waals surface area contributed by atoms with Crippen LogP contribution in [0.4, 0.5) is 10.1 Å². The zero-order valence-electron chi connectivity index (χ0n) is 19.4. The second-order valence-corrected chi connectivity index (χ2v) is 10.7. The van der Waals surface area contributed by atoms with E-state index in [0.717, 1.165) is 21.5 Å². The van der Waals surface area contributed by atoms with Crippen molar-refractivity contribution in [1.29, 1.82) is 0 Å². The Bertz CT molecular complexity index is 1350. The standard InChI is InChI=1S/C26H26FN3O4S/c1-19-11-13-23(14-12-19)35(33,34)29-17-24(31)30(22-10-6-9-21(27)15-22)26(2,18-29)25(32)28-16-20-7-4-3-5-8-20/h3-15H,16-18H2,1-2H3,(H,28,32). The maximum absolute atomic E-state index is 14.0. The van der Waals surface area contributed by atoms with Crippen LogP contribution >= 0.6 is 0 Å². The van der Waals surface area contributed by atoms with Gasteiger partial charge in [0, 0.05) is 18.8 Å². The first-order valence-corrected chi connectivity index (χ1v) is 12.5. The summed E-state index contributed by atoms with van der Waals surface area (Å²) in [5.41, 5.74) is 0.282. The number of aryl methyl sites for hydroxylation is 1. The molecule has 1 fully saturated rings. The molecule has 0 aliphatic carbocycles. The van der Waals surface area contributed by atoms with Crippen LogP contribution in [0.15, 0.2) is 83.8 Å². The smallest absolute Gasteiger partial charge is 0.247 e. The molecule has 1 atom stereocenters. The summed E-state index contributed by atoms with van der Waals surface area (Å²) in [7, 11) is -4.07. The quantitative estimate of drug-likeness (QED) is 0.569. The van der Waals surface area contributed by atoms with Gasteiger partial charge in [-0.3, -0.25) is 14.5 Å². The van der Waals surface area contributed by atoms with E-state index in [1.807, 2.05) is 37.3 Å². The number of amides is 2. The van der Waals surface area contributed by atoms with E-state index in [1.54, 1.807) is 12.1 Å². The van der Waals surface area contributed by atoms with E-state index >= 15 is 0 Å².